The van der Waals surface area contributed by atoms with Gasteiger partial charge < -0.3 is 34.7 Å². The molecule has 1 saturated heterocycles. The highest BCUT2D eigenvalue weighted by Gasteiger charge is 2.60. The van der Waals surface area contributed by atoms with Crippen molar-refractivity contribution in [1.82, 2.24) is 10.6 Å². The fourth-order valence-corrected chi connectivity index (χ4v) is 2.77. The summed E-state index contributed by atoms with van der Waals surface area (Å²) in [6.45, 7) is 3.76. The lowest BCUT2D eigenvalue weighted by atomic mass is 9.91. The molecular formula is C16H23ClN2O10. The Hall–Kier alpha value is -2.44. The second-order valence-corrected chi connectivity index (χ2v) is 6.44. The topological polar surface area (TPSA) is 167 Å². The van der Waals surface area contributed by atoms with E-state index in [0.29, 0.717) is 0 Å². The van der Waals surface area contributed by atoms with Crippen LogP contribution in [0.2, 0.25) is 0 Å². The molecule has 0 bridgehead atoms. The van der Waals surface area contributed by atoms with Gasteiger partial charge in [0, 0.05) is 27.7 Å². The minimum atomic E-state index is -2.55. The summed E-state index contributed by atoms with van der Waals surface area (Å²) < 4.78 is 20.7. The van der Waals surface area contributed by atoms with Crippen LogP contribution in [0.15, 0.2) is 0 Å². The zero-order valence-corrected chi connectivity index (χ0v) is 17.0. The van der Waals surface area contributed by atoms with E-state index in [1.807, 2.05) is 0 Å². The first kappa shape index (κ1) is 24.6. The van der Waals surface area contributed by atoms with Crippen molar-refractivity contribution in [1.29, 1.82) is 0 Å². The van der Waals surface area contributed by atoms with E-state index in [4.69, 9.17) is 30.5 Å². The van der Waals surface area contributed by atoms with Gasteiger partial charge >= 0.3 is 17.9 Å². The van der Waals surface area contributed by atoms with Crippen LogP contribution in [-0.2, 0) is 42.9 Å². The minimum Gasteiger partial charge on any atom is -0.463 e. The third-order valence-electron chi connectivity index (χ3n) is 3.64. The first-order valence-electron chi connectivity index (χ1n) is 8.40. The van der Waals surface area contributed by atoms with Crippen LogP contribution in [-0.4, -0.2) is 77.6 Å². The van der Waals surface area contributed by atoms with Crippen molar-refractivity contribution in [2.24, 2.45) is 0 Å². The lowest BCUT2D eigenvalue weighted by Gasteiger charge is -2.49. The number of hydrogen-bond acceptors (Lipinski definition) is 10. The maximum atomic E-state index is 11.8. The third kappa shape index (κ3) is 6.84. The molecule has 0 saturated carbocycles. The molecule has 2 amide bonds. The van der Waals surface area contributed by atoms with Gasteiger partial charge in [-0.3, -0.25) is 24.0 Å². The molecule has 1 fully saturated rings. The summed E-state index contributed by atoms with van der Waals surface area (Å²) in [5.74, 6) is -4.51. The summed E-state index contributed by atoms with van der Waals surface area (Å²) in [7, 11) is 0. The summed E-state index contributed by atoms with van der Waals surface area (Å²) in [5.41, 5.74) is -2.55. The fourth-order valence-electron chi connectivity index (χ4n) is 2.70. The summed E-state index contributed by atoms with van der Waals surface area (Å²) in [6.07, 6.45) is -6.21. The average Bonchev–Trinajstić information content (AvgIpc) is 2.58. The molecule has 12 nitrogen and oxygen atoms in total. The largest absolute Gasteiger partial charge is 0.463 e. The van der Waals surface area contributed by atoms with Crippen molar-refractivity contribution in [3.8, 4) is 0 Å². The maximum Gasteiger partial charge on any atom is 0.303 e. The number of halogens is 1. The van der Waals surface area contributed by atoms with Crippen LogP contribution < -0.4 is 10.6 Å². The molecule has 0 aliphatic carbocycles. The number of alkyl halides is 1. The van der Waals surface area contributed by atoms with Gasteiger partial charge in [-0.1, -0.05) is 0 Å². The average molecular weight is 439 g/mol. The highest BCUT2D eigenvalue weighted by molar-refractivity contribution is 6.27. The molecule has 5 atom stereocenters. The van der Waals surface area contributed by atoms with Crippen LogP contribution in [0.25, 0.3) is 0 Å². The second kappa shape index (κ2) is 10.4. The molecule has 0 aromatic carbocycles. The van der Waals surface area contributed by atoms with Gasteiger partial charge in [-0.25, -0.2) is 0 Å². The molecule has 1 rings (SSSR count). The molecule has 0 unspecified atom stereocenters. The monoisotopic (exact) mass is 438 g/mol. The number of amides is 2. The molecular weight excluding hydrogens is 416 g/mol. The molecule has 0 radical (unpaired) electrons. The number of aliphatic hydroxyl groups is 1. The SMILES string of the molecule is CC(=O)N[C@]1(O)[C@H](NC(=O)CCl)O[C@H](COC(C)=O)[C@@H](OC(C)=O)[C@@H]1OC(C)=O. The Kier molecular flexibility index (Phi) is 8.80. The van der Waals surface area contributed by atoms with Crippen LogP contribution >= 0.6 is 11.6 Å². The molecule has 13 heteroatoms. The van der Waals surface area contributed by atoms with Gasteiger partial charge in [0.15, 0.2) is 18.4 Å². The number of ether oxygens (including phenoxy) is 4. The standard InChI is InChI=1S/C16H23ClN2O10/c1-7(20)19-16(25)14(28-10(4)23)13(27-9(3)22)11(6-26-8(2)21)29-15(16)18-12(24)5-17/h11,13-15,25H,5-6H2,1-4H3,(H,18,24)(H,19,20)/t11-,13-,14+,15-,16-/m1/s1. The van der Waals surface area contributed by atoms with Gasteiger partial charge in [-0.15, -0.1) is 11.6 Å². The molecule has 1 heterocycles. The Labute approximate surface area is 171 Å². The Morgan fingerprint density at radius 2 is 1.62 bits per heavy atom. The number of carbonyl (C=O) groups is 5. The minimum absolute atomic E-state index is 0.478. The predicted molar refractivity (Wildman–Crippen MR) is 94.0 cm³/mol. The van der Waals surface area contributed by atoms with Crippen molar-refractivity contribution in [3.63, 3.8) is 0 Å². The number of carbonyl (C=O) groups excluding carboxylic acids is 5. The van der Waals surface area contributed by atoms with E-state index in [2.05, 4.69) is 10.6 Å². The summed E-state index contributed by atoms with van der Waals surface area (Å²) >= 11 is 5.47. The van der Waals surface area contributed by atoms with Crippen molar-refractivity contribution in [2.75, 3.05) is 12.5 Å². The van der Waals surface area contributed by atoms with Crippen molar-refractivity contribution in [3.05, 3.63) is 0 Å². The highest BCUT2D eigenvalue weighted by Crippen LogP contribution is 2.32. The lowest BCUT2D eigenvalue weighted by molar-refractivity contribution is -0.295. The second-order valence-electron chi connectivity index (χ2n) is 6.17. The molecule has 1 aliphatic heterocycles. The van der Waals surface area contributed by atoms with E-state index in [1.54, 1.807) is 0 Å². The Morgan fingerprint density at radius 3 is 2.07 bits per heavy atom. The zero-order valence-electron chi connectivity index (χ0n) is 16.2. The number of esters is 3. The summed E-state index contributed by atoms with van der Waals surface area (Å²) in [4.78, 5) is 57.9. The lowest BCUT2D eigenvalue weighted by Crippen LogP contribution is -2.77. The number of hydrogen-bond donors (Lipinski definition) is 3. The van der Waals surface area contributed by atoms with Crippen molar-refractivity contribution in [2.45, 2.75) is 58.0 Å². The Balaban J connectivity index is 3.46. The number of nitrogens with one attached hydrogen (secondary N) is 2. The Bertz CT molecular complexity index is 672. The first-order valence-corrected chi connectivity index (χ1v) is 8.93. The van der Waals surface area contributed by atoms with E-state index >= 15 is 0 Å². The molecule has 0 aromatic heterocycles. The van der Waals surface area contributed by atoms with Crippen LogP contribution in [0.5, 0.6) is 0 Å². The van der Waals surface area contributed by atoms with E-state index in [-0.39, 0.29) is 0 Å². The first-order chi connectivity index (χ1) is 13.4. The number of rotatable bonds is 7. The van der Waals surface area contributed by atoms with E-state index in [0.717, 1.165) is 27.7 Å². The van der Waals surface area contributed by atoms with E-state index < -0.39 is 72.5 Å². The van der Waals surface area contributed by atoms with Gasteiger partial charge in [-0.2, -0.15) is 0 Å². The maximum absolute atomic E-state index is 11.8. The smallest absolute Gasteiger partial charge is 0.303 e. The summed E-state index contributed by atoms with van der Waals surface area (Å²) in [5, 5.41) is 15.5. The van der Waals surface area contributed by atoms with Gasteiger partial charge in [0.2, 0.25) is 17.5 Å². The van der Waals surface area contributed by atoms with E-state index in [9.17, 15) is 29.1 Å². The van der Waals surface area contributed by atoms with Gasteiger partial charge in [0.1, 0.15) is 18.6 Å². The van der Waals surface area contributed by atoms with E-state index in [1.165, 1.54) is 0 Å². The van der Waals surface area contributed by atoms with Crippen LogP contribution in [0.1, 0.15) is 27.7 Å². The van der Waals surface area contributed by atoms with Crippen LogP contribution in [0.3, 0.4) is 0 Å². The third-order valence-corrected chi connectivity index (χ3v) is 3.89. The molecule has 0 spiro atoms. The van der Waals surface area contributed by atoms with Gasteiger partial charge in [0.05, 0.1) is 0 Å². The van der Waals surface area contributed by atoms with Gasteiger partial charge in [-0.05, 0) is 0 Å². The molecule has 1 aliphatic rings. The van der Waals surface area contributed by atoms with Gasteiger partial charge in [0.25, 0.3) is 0 Å². The normalized spacial score (nSPS) is 28.6. The van der Waals surface area contributed by atoms with Crippen molar-refractivity contribution >= 4 is 41.3 Å². The highest BCUT2D eigenvalue weighted by atomic mass is 35.5. The van der Waals surface area contributed by atoms with Crippen LogP contribution in [0, 0.1) is 0 Å². The quantitative estimate of drug-likeness (QED) is 0.181. The Morgan fingerprint density at radius 1 is 1.03 bits per heavy atom. The zero-order chi connectivity index (χ0) is 22.4. The van der Waals surface area contributed by atoms with Crippen molar-refractivity contribution < 1.29 is 48.0 Å². The molecule has 29 heavy (non-hydrogen) atoms. The van der Waals surface area contributed by atoms with Crippen LogP contribution in [0.4, 0.5) is 0 Å². The molecule has 3 N–H and O–H groups in total. The summed E-state index contributed by atoms with van der Waals surface area (Å²) in [6, 6.07) is 0. The molecule has 0 aromatic rings. The fraction of sp³-hybridized carbons (Fsp3) is 0.688. The molecule has 164 valence electrons. The predicted octanol–water partition coefficient (Wildman–Crippen LogP) is -1.68.